The van der Waals surface area contributed by atoms with E-state index in [0.29, 0.717) is 0 Å². The fourth-order valence-corrected chi connectivity index (χ4v) is 4.54. The molecule has 2 aromatic carbocycles. The number of nitrogens with zero attached hydrogens (tertiary/aromatic N) is 1. The molecule has 0 saturated carbocycles. The molecule has 3 aromatic rings. The third kappa shape index (κ3) is 2.34. The molecule has 0 bridgehead atoms. The summed E-state index contributed by atoms with van der Waals surface area (Å²) in [7, 11) is 18.3. The van der Waals surface area contributed by atoms with Gasteiger partial charge in [-0.05, 0) is 31.5 Å². The van der Waals surface area contributed by atoms with Crippen molar-refractivity contribution in [2.24, 2.45) is 0 Å². The molecule has 0 N–H and O–H groups in total. The predicted octanol–water partition coefficient (Wildman–Crippen LogP) is -9.38. The van der Waals surface area contributed by atoms with Gasteiger partial charge < -0.3 is 4.57 Å². The summed E-state index contributed by atoms with van der Waals surface area (Å²) in [6.07, 6.45) is 0. The lowest BCUT2D eigenvalue weighted by Crippen LogP contribution is -2.49. The van der Waals surface area contributed by atoms with Gasteiger partial charge in [0.25, 0.3) is 0 Å². The molecule has 1 nitrogen and oxygen atoms in total. The number of hydrogen-bond acceptors (Lipinski definition) is 0. The third-order valence-electron chi connectivity index (χ3n) is 6.68. The van der Waals surface area contributed by atoms with Gasteiger partial charge in [0, 0.05) is 16.6 Å². The first kappa shape index (κ1) is 18.5. The molecule has 0 radical (unpaired) electrons. The van der Waals surface area contributed by atoms with Gasteiger partial charge in [-0.15, -0.1) is 10.9 Å². The summed E-state index contributed by atoms with van der Waals surface area (Å²) in [5.74, 6) is 0. The third-order valence-corrected chi connectivity index (χ3v) is 6.68. The molecule has 0 aliphatic carbocycles. The highest BCUT2D eigenvalue weighted by molar-refractivity contribution is 6.71. The Bertz CT molecular complexity index is 982. The molecule has 3 rings (SSSR count). The number of rotatable bonds is 0. The van der Waals surface area contributed by atoms with Crippen LogP contribution in [-0.2, 0) is 5.54 Å². The minimum Gasteiger partial charge on any atom is -0.336 e. The topological polar surface area (TPSA) is 4.93 Å². The van der Waals surface area contributed by atoms with Crippen LogP contribution in [0.5, 0.6) is 0 Å². The molecular weight excluding hydrogens is 293 g/mol. The van der Waals surface area contributed by atoms with Gasteiger partial charge in [-0.1, -0.05) is 32.8 Å². The number of hydrogen-bond donors (Lipinski definition) is 0. The Morgan fingerprint density at radius 1 is 0.480 bits per heavy atom. The lowest BCUT2D eigenvalue weighted by Gasteiger charge is -2.27. The zero-order chi connectivity index (χ0) is 19.0. The van der Waals surface area contributed by atoms with Crippen LogP contribution >= 0.6 is 0 Å². The van der Waals surface area contributed by atoms with Crippen LogP contribution < -0.4 is 43.7 Å². The van der Waals surface area contributed by atoms with Gasteiger partial charge in [0.1, 0.15) is 62.8 Å². The minimum absolute atomic E-state index is 0.0395. The second kappa shape index (κ2) is 5.63. The molecule has 1 heterocycles. The lowest BCUT2D eigenvalue weighted by molar-refractivity contribution is 0.424. The average Bonchev–Trinajstić information content (AvgIpc) is 2.90. The lowest BCUT2D eigenvalue weighted by atomic mass is 9.63. The first-order valence-electron chi connectivity index (χ1n) is 9.42. The van der Waals surface area contributed by atoms with Crippen molar-refractivity contribution in [1.82, 2.24) is 4.57 Å². The SMILES string of the molecule is Bc1c(B)c(B)c2c(c1B)c1c(B)c(B)c(B)c(B)c1n2C(C)(C)C. The highest BCUT2D eigenvalue weighted by Crippen LogP contribution is 2.29. The zero-order valence-corrected chi connectivity index (χ0v) is 17.9. The van der Waals surface area contributed by atoms with Crippen LogP contribution in [0.3, 0.4) is 0 Å². The van der Waals surface area contributed by atoms with Crippen molar-refractivity contribution in [3.05, 3.63) is 0 Å². The molecule has 0 atom stereocenters. The molecule has 25 heavy (non-hydrogen) atoms. The van der Waals surface area contributed by atoms with Crippen LogP contribution in [0.1, 0.15) is 20.8 Å². The van der Waals surface area contributed by atoms with Crippen molar-refractivity contribution in [3.63, 3.8) is 0 Å². The first-order valence-corrected chi connectivity index (χ1v) is 9.42. The fourth-order valence-electron chi connectivity index (χ4n) is 4.54. The standard InChI is InChI=1S/C16H25B8N/c1-16(2,3)25-14-4(6(17)8(19)10(21)12(14)23)5-7(18)9(20)11(22)13(24)15(5)25/h17-24H2,1-3H3. The fraction of sp³-hybridized carbons (Fsp3) is 0.250. The predicted molar refractivity (Wildman–Crippen MR) is 140 cm³/mol. The molecule has 0 amide bonds. The normalized spacial score (nSPS) is 12.3. The highest BCUT2D eigenvalue weighted by Gasteiger charge is 2.26. The Balaban J connectivity index is 2.87. The smallest absolute Gasteiger partial charge is 0.141 e. The summed E-state index contributed by atoms with van der Waals surface area (Å²) in [5, 5.41) is 2.93. The molecule has 1 aromatic heterocycles. The summed E-state index contributed by atoms with van der Waals surface area (Å²) in [6, 6.07) is 0. The van der Waals surface area contributed by atoms with Crippen molar-refractivity contribution in [2.75, 3.05) is 0 Å². The molecule has 0 spiro atoms. The second-order valence-corrected chi connectivity index (χ2v) is 8.95. The summed E-state index contributed by atoms with van der Waals surface area (Å²) >= 11 is 0. The van der Waals surface area contributed by atoms with Crippen molar-refractivity contribution in [2.45, 2.75) is 26.3 Å². The van der Waals surface area contributed by atoms with E-state index in [4.69, 9.17) is 0 Å². The molecule has 0 aliphatic heterocycles. The van der Waals surface area contributed by atoms with E-state index in [1.165, 1.54) is 65.5 Å². The molecule has 118 valence electrons. The van der Waals surface area contributed by atoms with Crippen molar-refractivity contribution in [3.8, 4) is 0 Å². The van der Waals surface area contributed by atoms with Crippen molar-refractivity contribution >= 4 is 128 Å². The maximum Gasteiger partial charge on any atom is 0.141 e. The van der Waals surface area contributed by atoms with E-state index in [2.05, 4.69) is 88.1 Å². The quantitative estimate of drug-likeness (QED) is 0.363. The summed E-state index contributed by atoms with van der Waals surface area (Å²) < 4.78 is 2.61. The molecule has 0 saturated heterocycles. The van der Waals surface area contributed by atoms with E-state index >= 15 is 0 Å². The van der Waals surface area contributed by atoms with Crippen LogP contribution in [0, 0.1) is 0 Å². The van der Waals surface area contributed by atoms with Gasteiger partial charge in [-0.2, -0.15) is 0 Å². The van der Waals surface area contributed by atoms with Crippen LogP contribution in [0.25, 0.3) is 21.8 Å². The van der Waals surface area contributed by atoms with Crippen molar-refractivity contribution < 1.29 is 0 Å². The van der Waals surface area contributed by atoms with E-state index in [1.807, 2.05) is 0 Å². The zero-order valence-electron chi connectivity index (χ0n) is 17.9. The summed E-state index contributed by atoms with van der Waals surface area (Å²) in [5.41, 5.74) is 14.4. The number of benzene rings is 2. The monoisotopic (exact) mass is 319 g/mol. The van der Waals surface area contributed by atoms with Gasteiger partial charge >= 0.3 is 0 Å². The maximum absolute atomic E-state index is 2.61. The Morgan fingerprint density at radius 2 is 0.760 bits per heavy atom. The van der Waals surface area contributed by atoms with Gasteiger partial charge in [-0.25, -0.2) is 0 Å². The Kier molecular flexibility index (Phi) is 4.18. The first-order chi connectivity index (χ1) is 11.4. The molecule has 0 aliphatic rings. The van der Waals surface area contributed by atoms with Gasteiger partial charge in [0.15, 0.2) is 0 Å². The number of aromatic nitrogens is 1. The Hall–Kier alpha value is -1.24. The summed E-state index contributed by atoms with van der Waals surface area (Å²) in [4.78, 5) is 0. The van der Waals surface area contributed by atoms with E-state index in [-0.39, 0.29) is 5.54 Å². The van der Waals surface area contributed by atoms with E-state index in [1.54, 1.807) is 0 Å². The van der Waals surface area contributed by atoms with Crippen LogP contribution in [0.15, 0.2) is 0 Å². The molecular formula is C16H25B8N. The Labute approximate surface area is 159 Å². The second-order valence-electron chi connectivity index (χ2n) is 8.95. The Morgan fingerprint density at radius 3 is 1.04 bits per heavy atom. The summed E-state index contributed by atoms with van der Waals surface area (Å²) in [6.45, 7) is 7.00. The van der Waals surface area contributed by atoms with Gasteiger partial charge in [-0.3, -0.25) is 0 Å². The van der Waals surface area contributed by atoms with Crippen LogP contribution in [-0.4, -0.2) is 67.3 Å². The number of fused-ring (bicyclic) bond motifs is 3. The molecule has 0 unspecified atom stereocenters. The minimum atomic E-state index is 0.0395. The van der Waals surface area contributed by atoms with Crippen molar-refractivity contribution in [1.29, 1.82) is 0 Å². The largest absolute Gasteiger partial charge is 0.336 e. The van der Waals surface area contributed by atoms with E-state index in [9.17, 15) is 0 Å². The average molecular weight is 318 g/mol. The van der Waals surface area contributed by atoms with E-state index < -0.39 is 0 Å². The van der Waals surface area contributed by atoms with Gasteiger partial charge in [0.05, 0.1) is 0 Å². The molecule has 9 heteroatoms. The van der Waals surface area contributed by atoms with E-state index in [0.717, 1.165) is 0 Å². The molecule has 0 fully saturated rings. The maximum atomic E-state index is 2.61. The van der Waals surface area contributed by atoms with Gasteiger partial charge in [0.2, 0.25) is 0 Å². The van der Waals surface area contributed by atoms with Crippen LogP contribution in [0.4, 0.5) is 0 Å². The van der Waals surface area contributed by atoms with Crippen LogP contribution in [0.2, 0.25) is 0 Å². The highest BCUT2D eigenvalue weighted by atomic mass is 15.1.